The van der Waals surface area contributed by atoms with Gasteiger partial charge >= 0.3 is 5.69 Å². The first-order valence-electron chi connectivity index (χ1n) is 8.80. The maximum atomic E-state index is 12.6. The molecule has 0 atom stereocenters. The number of sulfone groups is 1. The van der Waals surface area contributed by atoms with E-state index in [0.29, 0.717) is 18.5 Å². The molecule has 1 aliphatic carbocycles. The van der Waals surface area contributed by atoms with Crippen molar-refractivity contribution in [1.29, 1.82) is 0 Å². The van der Waals surface area contributed by atoms with Gasteiger partial charge < -0.3 is 10.1 Å². The van der Waals surface area contributed by atoms with Crippen molar-refractivity contribution in [3.63, 3.8) is 0 Å². The zero-order chi connectivity index (χ0) is 20.3. The van der Waals surface area contributed by atoms with Crippen LogP contribution in [0.25, 0.3) is 0 Å². The van der Waals surface area contributed by atoms with Gasteiger partial charge in [0.2, 0.25) is 0 Å². The average Bonchev–Trinajstić information content (AvgIpc) is 3.23. The highest BCUT2D eigenvalue weighted by Crippen LogP contribution is 2.30. The van der Waals surface area contributed by atoms with Crippen LogP contribution >= 0.6 is 0 Å². The SMILES string of the molecule is COc1ccc(C(=O)Nc2ccc(S(=O)(=O)C3CCCC3)cc2)cc1[N+](=O)[O-]. The van der Waals surface area contributed by atoms with E-state index in [9.17, 15) is 23.3 Å². The highest BCUT2D eigenvalue weighted by atomic mass is 32.2. The van der Waals surface area contributed by atoms with Gasteiger partial charge in [0, 0.05) is 17.3 Å². The third-order valence-electron chi connectivity index (χ3n) is 4.82. The number of benzene rings is 2. The van der Waals surface area contributed by atoms with Crippen molar-refractivity contribution in [2.24, 2.45) is 0 Å². The van der Waals surface area contributed by atoms with E-state index in [2.05, 4.69) is 5.32 Å². The smallest absolute Gasteiger partial charge is 0.311 e. The summed E-state index contributed by atoms with van der Waals surface area (Å²) in [5.41, 5.74) is 0.178. The molecule has 0 radical (unpaired) electrons. The summed E-state index contributed by atoms with van der Waals surface area (Å²) in [6.45, 7) is 0. The van der Waals surface area contributed by atoms with Crippen LogP contribution in [0.5, 0.6) is 5.75 Å². The first kappa shape index (κ1) is 19.8. The van der Waals surface area contributed by atoms with Crippen LogP contribution in [-0.2, 0) is 9.84 Å². The minimum absolute atomic E-state index is 0.0584. The van der Waals surface area contributed by atoms with E-state index >= 15 is 0 Å². The molecule has 0 unspecified atom stereocenters. The van der Waals surface area contributed by atoms with E-state index in [0.717, 1.165) is 18.9 Å². The number of anilines is 1. The van der Waals surface area contributed by atoms with Gasteiger partial charge in [0.25, 0.3) is 5.91 Å². The molecule has 148 valence electrons. The quantitative estimate of drug-likeness (QED) is 0.581. The molecule has 9 heteroatoms. The summed E-state index contributed by atoms with van der Waals surface area (Å²) in [4.78, 5) is 23.1. The molecule has 1 fully saturated rings. The summed E-state index contributed by atoms with van der Waals surface area (Å²) in [7, 11) is -2.05. The lowest BCUT2D eigenvalue weighted by Gasteiger charge is -2.12. The van der Waals surface area contributed by atoms with Crippen LogP contribution in [0, 0.1) is 10.1 Å². The molecule has 0 saturated heterocycles. The number of nitro groups is 1. The van der Waals surface area contributed by atoms with Gasteiger partial charge in [-0.15, -0.1) is 0 Å². The van der Waals surface area contributed by atoms with Gasteiger partial charge in [-0.05, 0) is 49.2 Å². The van der Waals surface area contributed by atoms with Crippen LogP contribution in [0.4, 0.5) is 11.4 Å². The Morgan fingerprint density at radius 3 is 2.36 bits per heavy atom. The number of nitro benzene ring substituents is 1. The van der Waals surface area contributed by atoms with Crippen LogP contribution in [0.15, 0.2) is 47.4 Å². The molecule has 0 aromatic heterocycles. The van der Waals surface area contributed by atoms with Crippen molar-refractivity contribution < 1.29 is 22.9 Å². The number of methoxy groups -OCH3 is 1. The van der Waals surface area contributed by atoms with Gasteiger partial charge in [-0.25, -0.2) is 8.42 Å². The number of carbonyl (C=O) groups is 1. The van der Waals surface area contributed by atoms with Gasteiger partial charge in [-0.2, -0.15) is 0 Å². The molecular formula is C19H20N2O6S. The zero-order valence-corrected chi connectivity index (χ0v) is 16.1. The molecule has 1 amide bonds. The van der Waals surface area contributed by atoms with Crippen molar-refractivity contribution in [3.05, 3.63) is 58.1 Å². The van der Waals surface area contributed by atoms with Crippen molar-refractivity contribution in [2.75, 3.05) is 12.4 Å². The summed E-state index contributed by atoms with van der Waals surface area (Å²) in [6.07, 6.45) is 3.20. The highest BCUT2D eigenvalue weighted by molar-refractivity contribution is 7.92. The van der Waals surface area contributed by atoms with Crippen LogP contribution in [-0.4, -0.2) is 31.6 Å². The second kappa shape index (κ2) is 7.97. The molecular weight excluding hydrogens is 384 g/mol. The molecule has 1 saturated carbocycles. The lowest BCUT2D eigenvalue weighted by atomic mass is 10.1. The van der Waals surface area contributed by atoms with Crippen LogP contribution in [0.2, 0.25) is 0 Å². The van der Waals surface area contributed by atoms with Crippen molar-refractivity contribution >= 4 is 27.1 Å². The normalized spacial score (nSPS) is 14.6. The maximum absolute atomic E-state index is 12.6. The fourth-order valence-electron chi connectivity index (χ4n) is 3.30. The average molecular weight is 404 g/mol. The molecule has 3 rings (SSSR count). The van der Waals surface area contributed by atoms with E-state index < -0.39 is 20.7 Å². The number of nitrogens with zero attached hydrogens (tertiary/aromatic N) is 1. The molecule has 0 heterocycles. The van der Waals surface area contributed by atoms with Gasteiger partial charge in [0.1, 0.15) is 0 Å². The molecule has 8 nitrogen and oxygen atoms in total. The molecule has 28 heavy (non-hydrogen) atoms. The Morgan fingerprint density at radius 2 is 1.79 bits per heavy atom. The molecule has 2 aromatic carbocycles. The topological polar surface area (TPSA) is 116 Å². The predicted octanol–water partition coefficient (Wildman–Crippen LogP) is 3.57. The van der Waals surface area contributed by atoms with Crippen molar-refractivity contribution in [3.8, 4) is 5.75 Å². The second-order valence-corrected chi connectivity index (χ2v) is 8.80. The van der Waals surface area contributed by atoms with E-state index in [4.69, 9.17) is 4.74 Å². The Balaban J connectivity index is 1.76. The molecule has 0 spiro atoms. The van der Waals surface area contributed by atoms with Gasteiger partial charge in [-0.1, -0.05) is 12.8 Å². The summed E-state index contributed by atoms with van der Waals surface area (Å²) in [5, 5.41) is 13.4. The number of nitrogens with one attached hydrogen (secondary N) is 1. The lowest BCUT2D eigenvalue weighted by molar-refractivity contribution is -0.385. The fourth-order valence-corrected chi connectivity index (χ4v) is 5.15. The van der Waals surface area contributed by atoms with Crippen molar-refractivity contribution in [2.45, 2.75) is 35.8 Å². The van der Waals surface area contributed by atoms with Gasteiger partial charge in [0.05, 0.1) is 22.2 Å². The Bertz CT molecular complexity index is 996. The summed E-state index contributed by atoms with van der Waals surface area (Å²) >= 11 is 0. The minimum atomic E-state index is -3.36. The third-order valence-corrected chi connectivity index (χ3v) is 7.10. The maximum Gasteiger partial charge on any atom is 0.311 e. The number of hydrogen-bond acceptors (Lipinski definition) is 6. The molecule has 0 aliphatic heterocycles. The zero-order valence-electron chi connectivity index (χ0n) is 15.3. The molecule has 2 aromatic rings. The number of carbonyl (C=O) groups excluding carboxylic acids is 1. The van der Waals surface area contributed by atoms with E-state index in [1.807, 2.05) is 0 Å². The number of hydrogen-bond donors (Lipinski definition) is 1. The monoisotopic (exact) mass is 404 g/mol. The third kappa shape index (κ3) is 3.99. The van der Waals surface area contributed by atoms with Gasteiger partial charge in [-0.3, -0.25) is 14.9 Å². The molecule has 0 bridgehead atoms. The highest BCUT2D eigenvalue weighted by Gasteiger charge is 2.30. The molecule has 1 N–H and O–H groups in total. The van der Waals surface area contributed by atoms with Crippen LogP contribution < -0.4 is 10.1 Å². The Labute approximate surface area is 162 Å². The Hall–Kier alpha value is -2.94. The van der Waals surface area contributed by atoms with Crippen LogP contribution in [0.1, 0.15) is 36.0 Å². The first-order valence-corrected chi connectivity index (χ1v) is 10.4. The standard InChI is InChI=1S/C19H20N2O6S/c1-27-18-11-6-13(12-17(18)21(23)24)19(22)20-14-7-9-16(10-8-14)28(25,26)15-4-2-3-5-15/h6-12,15H,2-5H2,1H3,(H,20,22). The minimum Gasteiger partial charge on any atom is -0.490 e. The first-order chi connectivity index (χ1) is 13.3. The number of rotatable bonds is 6. The summed E-state index contributed by atoms with van der Waals surface area (Å²) in [5.74, 6) is -0.486. The fraction of sp³-hybridized carbons (Fsp3) is 0.316. The van der Waals surface area contributed by atoms with E-state index in [-0.39, 0.29) is 27.1 Å². The summed E-state index contributed by atoms with van der Waals surface area (Å²) < 4.78 is 30.1. The van der Waals surface area contributed by atoms with Crippen molar-refractivity contribution in [1.82, 2.24) is 0 Å². The largest absolute Gasteiger partial charge is 0.490 e. The lowest BCUT2D eigenvalue weighted by Crippen LogP contribution is -2.18. The summed E-state index contributed by atoms with van der Waals surface area (Å²) in [6, 6.07) is 9.87. The Kier molecular flexibility index (Phi) is 5.64. The second-order valence-electron chi connectivity index (χ2n) is 6.57. The molecule has 1 aliphatic rings. The van der Waals surface area contributed by atoms with E-state index in [1.165, 1.54) is 43.5 Å². The van der Waals surface area contributed by atoms with E-state index in [1.54, 1.807) is 0 Å². The predicted molar refractivity (Wildman–Crippen MR) is 103 cm³/mol. The number of amides is 1. The number of ether oxygens (including phenoxy) is 1. The van der Waals surface area contributed by atoms with Crippen LogP contribution in [0.3, 0.4) is 0 Å². The Morgan fingerprint density at radius 1 is 1.14 bits per heavy atom. The van der Waals surface area contributed by atoms with Gasteiger partial charge in [0.15, 0.2) is 15.6 Å².